The lowest BCUT2D eigenvalue weighted by Gasteiger charge is -2.45. The van der Waals surface area contributed by atoms with E-state index in [1.165, 1.54) is 5.56 Å². The van der Waals surface area contributed by atoms with E-state index in [1.54, 1.807) is 7.11 Å². The maximum atomic E-state index is 6.69. The van der Waals surface area contributed by atoms with E-state index >= 15 is 0 Å². The summed E-state index contributed by atoms with van der Waals surface area (Å²) in [5.41, 5.74) is 6.39. The normalized spacial score (nSPS) is 20.4. The molecule has 1 fully saturated rings. The molecular formula is C42H44ClNO6. The third-order valence-electron chi connectivity index (χ3n) is 8.59. The van der Waals surface area contributed by atoms with Crippen LogP contribution < -0.4 is 5.32 Å². The minimum absolute atomic E-state index is 0.266. The second-order valence-electron chi connectivity index (χ2n) is 12.3. The summed E-state index contributed by atoms with van der Waals surface area (Å²) in [7, 11) is 1.62. The molecular weight excluding hydrogens is 650 g/mol. The van der Waals surface area contributed by atoms with Gasteiger partial charge >= 0.3 is 0 Å². The number of benzene rings is 5. The Morgan fingerprint density at radius 2 is 1.02 bits per heavy atom. The lowest BCUT2D eigenvalue weighted by molar-refractivity contribution is -0.323. The van der Waals surface area contributed by atoms with Gasteiger partial charge in [-0.1, -0.05) is 127 Å². The number of hydrogen-bond acceptors (Lipinski definition) is 7. The van der Waals surface area contributed by atoms with Gasteiger partial charge in [0.2, 0.25) is 0 Å². The number of methoxy groups -OCH3 is 1. The molecule has 0 aromatic heterocycles. The molecule has 6 rings (SSSR count). The molecule has 8 heteroatoms. The van der Waals surface area contributed by atoms with Crippen LogP contribution in [0.1, 0.15) is 27.8 Å². The average Bonchev–Trinajstić information content (AvgIpc) is 3.17. The molecule has 0 unspecified atom stereocenters. The van der Waals surface area contributed by atoms with Crippen LogP contribution >= 0.6 is 11.6 Å². The second kappa shape index (κ2) is 18.8. The zero-order valence-electron chi connectivity index (χ0n) is 28.2. The first-order chi connectivity index (χ1) is 24.6. The fourth-order valence-electron chi connectivity index (χ4n) is 5.89. The van der Waals surface area contributed by atoms with Crippen LogP contribution in [0.5, 0.6) is 0 Å². The molecule has 1 aliphatic rings. The Labute approximate surface area is 300 Å². The van der Waals surface area contributed by atoms with Crippen molar-refractivity contribution in [2.24, 2.45) is 0 Å². The smallest absolute Gasteiger partial charge is 0.186 e. The van der Waals surface area contributed by atoms with Crippen LogP contribution in [0.3, 0.4) is 0 Å². The molecule has 1 heterocycles. The average molecular weight is 694 g/mol. The fraction of sp³-hybridized carbons (Fsp3) is 0.286. The van der Waals surface area contributed by atoms with Gasteiger partial charge in [-0.05, 0) is 52.1 Å². The van der Waals surface area contributed by atoms with Crippen LogP contribution in [0.4, 0.5) is 5.69 Å². The Balaban J connectivity index is 1.17. The van der Waals surface area contributed by atoms with Gasteiger partial charge in [0.1, 0.15) is 24.4 Å². The molecule has 1 saturated heterocycles. The van der Waals surface area contributed by atoms with E-state index in [0.29, 0.717) is 31.5 Å². The number of hydrogen-bond donors (Lipinski definition) is 1. The highest BCUT2D eigenvalue weighted by Gasteiger charge is 2.48. The third-order valence-corrected chi connectivity index (χ3v) is 8.85. The van der Waals surface area contributed by atoms with Gasteiger partial charge in [-0.2, -0.15) is 0 Å². The van der Waals surface area contributed by atoms with Gasteiger partial charge in [0, 0.05) is 24.4 Å². The van der Waals surface area contributed by atoms with Crippen molar-refractivity contribution in [1.82, 2.24) is 0 Å². The topological polar surface area (TPSA) is 67.4 Å². The summed E-state index contributed by atoms with van der Waals surface area (Å²) in [6.45, 7) is 2.50. The first kappa shape index (κ1) is 35.8. The molecule has 5 aromatic carbocycles. The van der Waals surface area contributed by atoms with E-state index in [4.69, 9.17) is 40.0 Å². The molecule has 7 nitrogen and oxygen atoms in total. The summed E-state index contributed by atoms with van der Waals surface area (Å²) in [6, 6.07) is 46.4. The molecule has 5 atom stereocenters. The van der Waals surface area contributed by atoms with Gasteiger partial charge in [-0.3, -0.25) is 0 Å². The van der Waals surface area contributed by atoms with Crippen molar-refractivity contribution in [2.45, 2.75) is 63.7 Å². The summed E-state index contributed by atoms with van der Waals surface area (Å²) in [6.07, 6.45) is -2.86. The molecule has 50 heavy (non-hydrogen) atoms. The van der Waals surface area contributed by atoms with E-state index in [2.05, 4.69) is 41.7 Å². The van der Waals surface area contributed by atoms with Crippen LogP contribution in [0.2, 0.25) is 5.02 Å². The fourth-order valence-corrected chi connectivity index (χ4v) is 6.01. The van der Waals surface area contributed by atoms with Crippen molar-refractivity contribution in [1.29, 1.82) is 0 Å². The van der Waals surface area contributed by atoms with Crippen LogP contribution in [-0.4, -0.2) is 44.4 Å². The summed E-state index contributed by atoms with van der Waals surface area (Å²) >= 11 is 6.14. The van der Waals surface area contributed by atoms with Crippen molar-refractivity contribution >= 4 is 17.3 Å². The molecule has 260 valence electrons. The number of rotatable bonds is 17. The first-order valence-electron chi connectivity index (χ1n) is 16.9. The number of nitrogens with one attached hydrogen (secondary N) is 1. The quantitative estimate of drug-likeness (QED) is 0.105. The van der Waals surface area contributed by atoms with Crippen LogP contribution in [0.15, 0.2) is 140 Å². The van der Waals surface area contributed by atoms with Crippen LogP contribution in [-0.2, 0) is 61.4 Å². The van der Waals surface area contributed by atoms with Gasteiger partial charge in [-0.15, -0.1) is 0 Å². The Kier molecular flexibility index (Phi) is 13.5. The highest BCUT2D eigenvalue weighted by molar-refractivity contribution is 6.30. The van der Waals surface area contributed by atoms with Crippen LogP contribution in [0.25, 0.3) is 0 Å². The van der Waals surface area contributed by atoms with Gasteiger partial charge in [0.25, 0.3) is 0 Å². The Bertz CT molecular complexity index is 1680. The number of ether oxygens (including phenoxy) is 6. The van der Waals surface area contributed by atoms with E-state index in [0.717, 1.165) is 34.5 Å². The lowest BCUT2D eigenvalue weighted by atomic mass is 9.97. The zero-order chi connectivity index (χ0) is 34.4. The van der Waals surface area contributed by atoms with Crippen molar-refractivity contribution in [2.75, 3.05) is 19.0 Å². The van der Waals surface area contributed by atoms with E-state index in [9.17, 15) is 0 Å². The van der Waals surface area contributed by atoms with Crippen molar-refractivity contribution < 1.29 is 28.4 Å². The molecule has 0 bridgehead atoms. The minimum Gasteiger partial charge on any atom is -0.381 e. The molecule has 1 N–H and O–H groups in total. The molecule has 5 aromatic rings. The largest absolute Gasteiger partial charge is 0.381 e. The van der Waals surface area contributed by atoms with E-state index in [-0.39, 0.29) is 6.61 Å². The van der Waals surface area contributed by atoms with Gasteiger partial charge in [0.15, 0.2) is 6.29 Å². The molecule has 0 saturated carbocycles. The monoisotopic (exact) mass is 693 g/mol. The SMILES string of the molecule is CO[C@@H]1O[C@H](COCc2ccc(NCc3ccccc3)cc2)[C@@H](OCc2ccccc2)[C@H](OCc2ccccc2)[C@H]1OCc1ccc(Cl)cc1. The Hall–Kier alpha value is -4.05. The number of anilines is 1. The Morgan fingerprint density at radius 1 is 0.540 bits per heavy atom. The van der Waals surface area contributed by atoms with Crippen molar-refractivity contribution in [3.63, 3.8) is 0 Å². The maximum Gasteiger partial charge on any atom is 0.186 e. The molecule has 0 aliphatic carbocycles. The van der Waals surface area contributed by atoms with Gasteiger partial charge in [0.05, 0.1) is 33.0 Å². The highest BCUT2D eigenvalue weighted by Crippen LogP contribution is 2.31. The standard InChI is InChI=1S/C42H44ClNO6/c1-45-42-41(49-29-35-17-21-36(43)22-18-35)40(48-28-33-15-9-4-10-16-33)39(47-27-32-13-7-3-8-14-32)38(50-42)30-46-26-34-19-23-37(24-20-34)44-25-31-11-5-2-6-12-31/h2-24,38-42,44H,25-30H2,1H3/t38-,39-,40+,41-,42-/m1/s1. The molecule has 0 radical (unpaired) electrons. The van der Waals surface area contributed by atoms with E-state index < -0.39 is 30.7 Å². The summed E-state index contributed by atoms with van der Waals surface area (Å²) in [5, 5.41) is 4.14. The van der Waals surface area contributed by atoms with E-state index in [1.807, 2.05) is 103 Å². The summed E-state index contributed by atoms with van der Waals surface area (Å²) in [4.78, 5) is 0. The number of halogens is 1. The van der Waals surface area contributed by atoms with Crippen molar-refractivity contribution in [3.8, 4) is 0 Å². The predicted molar refractivity (Wildman–Crippen MR) is 196 cm³/mol. The molecule has 0 spiro atoms. The molecule has 0 amide bonds. The van der Waals surface area contributed by atoms with Gasteiger partial charge in [-0.25, -0.2) is 0 Å². The van der Waals surface area contributed by atoms with Crippen molar-refractivity contribution in [3.05, 3.63) is 172 Å². The van der Waals surface area contributed by atoms with Crippen LogP contribution in [0, 0.1) is 0 Å². The predicted octanol–water partition coefficient (Wildman–Crippen LogP) is 8.60. The first-order valence-corrected chi connectivity index (χ1v) is 17.3. The minimum atomic E-state index is -0.719. The molecule has 1 aliphatic heterocycles. The highest BCUT2D eigenvalue weighted by atomic mass is 35.5. The lowest BCUT2D eigenvalue weighted by Crippen LogP contribution is -2.61. The zero-order valence-corrected chi connectivity index (χ0v) is 29.0. The Morgan fingerprint density at radius 3 is 1.60 bits per heavy atom. The second-order valence-corrected chi connectivity index (χ2v) is 12.7. The van der Waals surface area contributed by atoms with Gasteiger partial charge < -0.3 is 33.7 Å². The summed E-state index contributed by atoms with van der Waals surface area (Å²) < 4.78 is 38.7. The summed E-state index contributed by atoms with van der Waals surface area (Å²) in [5.74, 6) is 0. The third kappa shape index (κ3) is 10.5. The maximum absolute atomic E-state index is 6.69.